The minimum absolute atomic E-state index is 0.00714. The topological polar surface area (TPSA) is 119 Å². The molecule has 1 saturated carbocycles. The van der Waals surface area contributed by atoms with Gasteiger partial charge in [-0.1, -0.05) is 30.3 Å². The van der Waals surface area contributed by atoms with Gasteiger partial charge in [0, 0.05) is 30.0 Å². The third-order valence-electron chi connectivity index (χ3n) is 8.07. The summed E-state index contributed by atoms with van der Waals surface area (Å²) in [5.74, 6) is -1.20. The summed E-state index contributed by atoms with van der Waals surface area (Å²) in [7, 11) is -3.83. The maximum Gasteiger partial charge on any atom is 0.221 e. The van der Waals surface area contributed by atoms with Crippen molar-refractivity contribution in [1.29, 1.82) is 0 Å². The van der Waals surface area contributed by atoms with Crippen LogP contribution in [0.1, 0.15) is 67.3 Å². The zero-order valence-corrected chi connectivity index (χ0v) is 22.1. The molecule has 2 aliphatic rings. The molecular formula is C27H32F2N4O4S. The Morgan fingerprint density at radius 3 is 2.50 bits per heavy atom. The van der Waals surface area contributed by atoms with Gasteiger partial charge < -0.3 is 10.2 Å². The van der Waals surface area contributed by atoms with Crippen LogP contribution in [0.2, 0.25) is 0 Å². The number of hydrogen-bond acceptors (Lipinski definition) is 6. The SMILES string of the molecule is C[C@H]1CC[C@H](c2ccccc2)S(=O)(=O)N1Cc1cc(F)c([C@]2([C@H](O)Cc3nc[nH]n3)C[C@](C)(O)C2)cc1F. The van der Waals surface area contributed by atoms with E-state index in [0.717, 1.165) is 12.1 Å². The summed E-state index contributed by atoms with van der Waals surface area (Å²) in [5.41, 5.74) is -1.85. The lowest BCUT2D eigenvalue weighted by molar-refractivity contribution is -0.122. The van der Waals surface area contributed by atoms with Crippen LogP contribution in [0, 0.1) is 11.6 Å². The van der Waals surface area contributed by atoms with E-state index in [1.807, 2.05) is 6.07 Å². The molecule has 3 atom stereocenters. The Morgan fingerprint density at radius 2 is 1.87 bits per heavy atom. The van der Waals surface area contributed by atoms with E-state index in [2.05, 4.69) is 15.2 Å². The molecule has 0 unspecified atom stereocenters. The summed E-state index contributed by atoms with van der Waals surface area (Å²) >= 11 is 0. The van der Waals surface area contributed by atoms with Crippen LogP contribution in [0.4, 0.5) is 8.78 Å². The van der Waals surface area contributed by atoms with Crippen molar-refractivity contribution < 1.29 is 27.4 Å². The van der Waals surface area contributed by atoms with Crippen molar-refractivity contribution in [1.82, 2.24) is 19.5 Å². The lowest BCUT2D eigenvalue weighted by Crippen LogP contribution is -2.59. The number of hydrogen-bond donors (Lipinski definition) is 3. The van der Waals surface area contributed by atoms with Crippen molar-refractivity contribution in [3.05, 3.63) is 82.9 Å². The van der Waals surface area contributed by atoms with Crippen molar-refractivity contribution in [2.75, 3.05) is 0 Å². The molecule has 3 N–H and O–H groups in total. The number of aliphatic hydroxyl groups excluding tert-OH is 1. The molecule has 1 saturated heterocycles. The fourth-order valence-electron chi connectivity index (χ4n) is 6.23. The zero-order chi connectivity index (χ0) is 27.3. The van der Waals surface area contributed by atoms with Crippen molar-refractivity contribution >= 4 is 10.0 Å². The van der Waals surface area contributed by atoms with Gasteiger partial charge in [0.2, 0.25) is 10.0 Å². The second kappa shape index (κ2) is 9.78. The highest BCUT2D eigenvalue weighted by molar-refractivity contribution is 7.89. The quantitative estimate of drug-likeness (QED) is 0.417. The molecule has 204 valence electrons. The number of aliphatic hydroxyl groups is 2. The van der Waals surface area contributed by atoms with Gasteiger partial charge in [-0.25, -0.2) is 22.2 Å². The van der Waals surface area contributed by atoms with Gasteiger partial charge >= 0.3 is 0 Å². The molecule has 8 nitrogen and oxygen atoms in total. The number of aromatic amines is 1. The van der Waals surface area contributed by atoms with Crippen LogP contribution >= 0.6 is 0 Å². The molecule has 2 heterocycles. The van der Waals surface area contributed by atoms with Gasteiger partial charge in [-0.15, -0.1) is 0 Å². The van der Waals surface area contributed by atoms with Crippen LogP contribution in [0.15, 0.2) is 48.8 Å². The highest BCUT2D eigenvalue weighted by atomic mass is 32.2. The first kappa shape index (κ1) is 26.9. The third kappa shape index (κ3) is 4.76. The Morgan fingerprint density at radius 1 is 1.16 bits per heavy atom. The Kier molecular flexibility index (Phi) is 6.91. The molecular weight excluding hydrogens is 514 g/mol. The Balaban J connectivity index is 1.45. The molecule has 1 aliphatic carbocycles. The van der Waals surface area contributed by atoms with Gasteiger partial charge in [0.05, 0.1) is 11.7 Å². The van der Waals surface area contributed by atoms with Crippen molar-refractivity contribution in [3.8, 4) is 0 Å². The van der Waals surface area contributed by atoms with Gasteiger partial charge in [0.25, 0.3) is 0 Å². The number of rotatable bonds is 7. The minimum atomic E-state index is -3.83. The summed E-state index contributed by atoms with van der Waals surface area (Å²) in [6.45, 7) is 3.05. The van der Waals surface area contributed by atoms with E-state index in [0.29, 0.717) is 24.2 Å². The number of nitrogens with one attached hydrogen (secondary N) is 1. The third-order valence-corrected chi connectivity index (χ3v) is 10.4. The number of aromatic nitrogens is 3. The Labute approximate surface area is 220 Å². The van der Waals surface area contributed by atoms with E-state index in [4.69, 9.17) is 0 Å². The second-order valence-electron chi connectivity index (χ2n) is 11.0. The normalized spacial score (nSPS) is 30.1. The smallest absolute Gasteiger partial charge is 0.221 e. The first-order valence-corrected chi connectivity index (χ1v) is 14.2. The Hall–Kier alpha value is -2.73. The Bertz CT molecular complexity index is 1390. The molecule has 2 fully saturated rings. The highest BCUT2D eigenvalue weighted by Gasteiger charge is 2.57. The van der Waals surface area contributed by atoms with Gasteiger partial charge in [0.1, 0.15) is 23.2 Å². The number of benzene rings is 2. The van der Waals surface area contributed by atoms with Gasteiger partial charge in [-0.2, -0.15) is 9.40 Å². The average Bonchev–Trinajstić information content (AvgIpc) is 3.35. The molecule has 3 aromatic rings. The molecule has 0 bridgehead atoms. The lowest BCUT2D eigenvalue weighted by Gasteiger charge is -2.54. The molecule has 0 amide bonds. The predicted octanol–water partition coefficient (Wildman–Crippen LogP) is 3.52. The standard InChI is InChI=1S/C27H32F2N4O4S/c1-17-8-9-23(18-6-4-3-5-7-18)38(36,37)33(17)13-19-10-22(29)20(11-21(19)28)27(14-26(2,35)15-27)24(34)12-25-30-16-31-32-25/h3-7,10-11,16-17,23-24,34-35H,8-9,12-15H2,1-2H3,(H,30,31,32)/t17-,23+,24+,26-,27-/m0/s1. The second-order valence-corrected chi connectivity index (χ2v) is 13.0. The van der Waals surface area contributed by atoms with Crippen molar-refractivity contribution in [2.45, 2.75) is 80.9 Å². The van der Waals surface area contributed by atoms with Gasteiger partial charge in [-0.05, 0) is 62.8 Å². The van der Waals surface area contributed by atoms with Gasteiger partial charge in [0.15, 0.2) is 5.82 Å². The summed E-state index contributed by atoms with van der Waals surface area (Å²) in [6, 6.07) is 10.6. The number of sulfonamides is 1. The largest absolute Gasteiger partial charge is 0.392 e. The van der Waals surface area contributed by atoms with Crippen molar-refractivity contribution in [3.63, 3.8) is 0 Å². The number of H-pyrrole nitrogens is 1. The number of halogens is 2. The molecule has 11 heteroatoms. The fourth-order valence-corrected chi connectivity index (χ4v) is 8.41. The molecule has 0 spiro atoms. The van der Waals surface area contributed by atoms with Crippen LogP contribution < -0.4 is 0 Å². The number of nitrogens with zero attached hydrogens (tertiary/aromatic N) is 3. The van der Waals surface area contributed by atoms with E-state index in [1.165, 1.54) is 10.6 Å². The van der Waals surface area contributed by atoms with E-state index in [1.54, 1.807) is 38.1 Å². The maximum absolute atomic E-state index is 15.7. The van der Waals surface area contributed by atoms with E-state index < -0.39 is 44.0 Å². The lowest BCUT2D eigenvalue weighted by atomic mass is 9.53. The molecule has 1 aliphatic heterocycles. The van der Waals surface area contributed by atoms with Crippen LogP contribution in [0.5, 0.6) is 0 Å². The van der Waals surface area contributed by atoms with E-state index in [9.17, 15) is 18.6 Å². The zero-order valence-electron chi connectivity index (χ0n) is 21.3. The molecule has 2 aromatic carbocycles. The van der Waals surface area contributed by atoms with Crippen LogP contribution in [0.3, 0.4) is 0 Å². The van der Waals surface area contributed by atoms with E-state index >= 15 is 8.78 Å². The van der Waals surface area contributed by atoms with Crippen LogP contribution in [-0.2, 0) is 28.4 Å². The van der Waals surface area contributed by atoms with Crippen molar-refractivity contribution in [2.24, 2.45) is 0 Å². The average molecular weight is 547 g/mol. The predicted molar refractivity (Wildman–Crippen MR) is 136 cm³/mol. The van der Waals surface area contributed by atoms with Crippen LogP contribution in [0.25, 0.3) is 0 Å². The van der Waals surface area contributed by atoms with E-state index in [-0.39, 0.29) is 43.0 Å². The first-order chi connectivity index (χ1) is 17.9. The summed E-state index contributed by atoms with van der Waals surface area (Å²) in [5, 5.41) is 27.3. The summed E-state index contributed by atoms with van der Waals surface area (Å²) in [4.78, 5) is 4.01. The molecule has 5 rings (SSSR count). The van der Waals surface area contributed by atoms with Crippen LogP contribution in [-0.4, -0.2) is 55.9 Å². The summed E-state index contributed by atoms with van der Waals surface area (Å²) in [6.07, 6.45) is 1.27. The fraction of sp³-hybridized carbons (Fsp3) is 0.481. The van der Waals surface area contributed by atoms with Gasteiger partial charge in [-0.3, -0.25) is 5.10 Å². The molecule has 0 radical (unpaired) electrons. The highest BCUT2D eigenvalue weighted by Crippen LogP contribution is 2.54. The maximum atomic E-state index is 15.7. The molecule has 1 aromatic heterocycles. The molecule has 38 heavy (non-hydrogen) atoms. The monoisotopic (exact) mass is 546 g/mol. The summed E-state index contributed by atoms with van der Waals surface area (Å²) < 4.78 is 59.6. The minimum Gasteiger partial charge on any atom is -0.392 e. The first-order valence-electron chi connectivity index (χ1n) is 12.7.